The normalized spacial score (nSPS) is 17.4. The summed E-state index contributed by atoms with van der Waals surface area (Å²) in [5, 5.41) is 4.27. The third-order valence-electron chi connectivity index (χ3n) is 4.12. The van der Waals surface area contributed by atoms with Gasteiger partial charge in [-0.1, -0.05) is 0 Å². The van der Waals surface area contributed by atoms with Crippen LogP contribution in [0.1, 0.15) is 30.0 Å². The molecule has 0 aliphatic carbocycles. The number of hydrogen-bond acceptors (Lipinski definition) is 4. The first kappa shape index (κ1) is 13.1. The van der Waals surface area contributed by atoms with Gasteiger partial charge < -0.3 is 5.73 Å². The van der Waals surface area contributed by atoms with Gasteiger partial charge in [0.1, 0.15) is 5.82 Å². The van der Waals surface area contributed by atoms with E-state index in [4.69, 9.17) is 5.73 Å². The standard InChI is InChI=1S/C15H21N5/c1-19-14(3-7-18-19)13-4-8-20(9-5-13)11-12-2-6-17-15(16)10-12/h2-3,6-7,10,13H,4-5,8-9,11H2,1H3,(H2,16,17). The Morgan fingerprint density at radius 1 is 1.25 bits per heavy atom. The average molecular weight is 271 g/mol. The predicted molar refractivity (Wildman–Crippen MR) is 79.1 cm³/mol. The van der Waals surface area contributed by atoms with Crippen LogP contribution in [-0.4, -0.2) is 32.8 Å². The number of anilines is 1. The molecule has 2 aromatic heterocycles. The summed E-state index contributed by atoms with van der Waals surface area (Å²) in [6.07, 6.45) is 6.06. The fraction of sp³-hybridized carbons (Fsp3) is 0.467. The van der Waals surface area contributed by atoms with Crippen LogP contribution in [0.5, 0.6) is 0 Å². The van der Waals surface area contributed by atoms with Crippen molar-refractivity contribution in [3.63, 3.8) is 0 Å². The fourth-order valence-electron chi connectivity index (χ4n) is 3.02. The molecule has 0 saturated carbocycles. The molecule has 0 atom stereocenters. The molecule has 0 unspecified atom stereocenters. The Hall–Kier alpha value is -1.88. The fourth-order valence-corrected chi connectivity index (χ4v) is 3.02. The lowest BCUT2D eigenvalue weighted by atomic mass is 9.93. The van der Waals surface area contributed by atoms with Crippen LogP contribution in [0.4, 0.5) is 5.82 Å². The highest BCUT2D eigenvalue weighted by Crippen LogP contribution is 2.28. The molecule has 3 rings (SSSR count). The molecule has 1 fully saturated rings. The summed E-state index contributed by atoms with van der Waals surface area (Å²) in [5.41, 5.74) is 8.33. The van der Waals surface area contributed by atoms with E-state index >= 15 is 0 Å². The van der Waals surface area contributed by atoms with Gasteiger partial charge in [0.15, 0.2) is 0 Å². The molecule has 3 heterocycles. The van der Waals surface area contributed by atoms with Crippen molar-refractivity contribution in [2.45, 2.75) is 25.3 Å². The first-order valence-corrected chi connectivity index (χ1v) is 7.13. The number of likely N-dealkylation sites (tertiary alicyclic amines) is 1. The van der Waals surface area contributed by atoms with Crippen molar-refractivity contribution in [3.05, 3.63) is 41.9 Å². The van der Waals surface area contributed by atoms with Gasteiger partial charge in [0.05, 0.1) is 0 Å². The first-order valence-electron chi connectivity index (χ1n) is 7.13. The van der Waals surface area contributed by atoms with Crippen molar-refractivity contribution in [1.29, 1.82) is 0 Å². The van der Waals surface area contributed by atoms with Crippen molar-refractivity contribution in [3.8, 4) is 0 Å². The van der Waals surface area contributed by atoms with Gasteiger partial charge in [-0.05, 0) is 49.7 Å². The van der Waals surface area contributed by atoms with E-state index in [2.05, 4.69) is 21.0 Å². The number of nitrogen functional groups attached to an aromatic ring is 1. The Morgan fingerprint density at radius 2 is 2.05 bits per heavy atom. The Bertz CT molecular complexity index is 569. The van der Waals surface area contributed by atoms with Crippen LogP contribution in [0, 0.1) is 0 Å². The Balaban J connectivity index is 1.58. The summed E-state index contributed by atoms with van der Waals surface area (Å²) in [5.74, 6) is 1.24. The van der Waals surface area contributed by atoms with Crippen molar-refractivity contribution < 1.29 is 0 Å². The minimum absolute atomic E-state index is 0.604. The zero-order valence-corrected chi connectivity index (χ0v) is 11.9. The maximum absolute atomic E-state index is 5.73. The van der Waals surface area contributed by atoms with Crippen LogP contribution in [0.15, 0.2) is 30.6 Å². The van der Waals surface area contributed by atoms with Gasteiger partial charge in [-0.15, -0.1) is 0 Å². The summed E-state index contributed by atoms with van der Waals surface area (Å²) in [7, 11) is 2.03. The molecule has 1 aliphatic heterocycles. The van der Waals surface area contributed by atoms with Crippen LogP contribution in [-0.2, 0) is 13.6 Å². The monoisotopic (exact) mass is 271 g/mol. The second-order valence-corrected chi connectivity index (χ2v) is 5.52. The summed E-state index contributed by atoms with van der Waals surface area (Å²) >= 11 is 0. The minimum Gasteiger partial charge on any atom is -0.384 e. The largest absolute Gasteiger partial charge is 0.384 e. The number of hydrogen-bond donors (Lipinski definition) is 1. The van der Waals surface area contributed by atoms with E-state index < -0.39 is 0 Å². The van der Waals surface area contributed by atoms with Gasteiger partial charge in [0, 0.05) is 37.6 Å². The minimum atomic E-state index is 0.604. The Morgan fingerprint density at radius 3 is 2.70 bits per heavy atom. The average Bonchev–Trinajstić information content (AvgIpc) is 2.86. The lowest BCUT2D eigenvalue weighted by Gasteiger charge is -2.32. The molecule has 20 heavy (non-hydrogen) atoms. The SMILES string of the molecule is Cn1nccc1C1CCN(Cc2ccnc(N)c2)CC1. The number of rotatable bonds is 3. The summed E-state index contributed by atoms with van der Waals surface area (Å²) in [6, 6.07) is 6.15. The van der Waals surface area contributed by atoms with Gasteiger partial charge in [0.2, 0.25) is 0 Å². The predicted octanol–water partition coefficient (Wildman–Crippen LogP) is 1.78. The number of piperidine rings is 1. The number of pyridine rings is 1. The topological polar surface area (TPSA) is 60.0 Å². The van der Waals surface area contributed by atoms with Crippen LogP contribution < -0.4 is 5.73 Å². The van der Waals surface area contributed by atoms with E-state index in [1.807, 2.05) is 30.1 Å². The van der Waals surface area contributed by atoms with Gasteiger partial charge >= 0.3 is 0 Å². The van der Waals surface area contributed by atoms with E-state index in [1.54, 1.807) is 6.20 Å². The second-order valence-electron chi connectivity index (χ2n) is 5.52. The molecule has 0 spiro atoms. The van der Waals surface area contributed by atoms with Crippen molar-refractivity contribution in [2.24, 2.45) is 7.05 Å². The smallest absolute Gasteiger partial charge is 0.123 e. The van der Waals surface area contributed by atoms with Gasteiger partial charge in [-0.25, -0.2) is 4.98 Å². The number of nitrogens with two attached hydrogens (primary N) is 1. The highest BCUT2D eigenvalue weighted by Gasteiger charge is 2.22. The van der Waals surface area contributed by atoms with Crippen LogP contribution in [0.3, 0.4) is 0 Å². The van der Waals surface area contributed by atoms with Gasteiger partial charge in [-0.2, -0.15) is 5.10 Å². The summed E-state index contributed by atoms with van der Waals surface area (Å²) in [6.45, 7) is 3.21. The summed E-state index contributed by atoms with van der Waals surface area (Å²) < 4.78 is 2.00. The van der Waals surface area contributed by atoms with Gasteiger partial charge in [-0.3, -0.25) is 9.58 Å². The lowest BCUT2D eigenvalue weighted by molar-refractivity contribution is 0.201. The lowest BCUT2D eigenvalue weighted by Crippen LogP contribution is -2.33. The zero-order chi connectivity index (χ0) is 13.9. The Kier molecular flexibility index (Phi) is 3.69. The van der Waals surface area contributed by atoms with Crippen molar-refractivity contribution in [2.75, 3.05) is 18.8 Å². The number of aryl methyl sites for hydroxylation is 1. The van der Waals surface area contributed by atoms with Crippen LogP contribution >= 0.6 is 0 Å². The van der Waals surface area contributed by atoms with E-state index in [9.17, 15) is 0 Å². The molecule has 5 nitrogen and oxygen atoms in total. The zero-order valence-electron chi connectivity index (χ0n) is 11.9. The van der Waals surface area contributed by atoms with E-state index in [1.165, 1.54) is 24.1 Å². The molecule has 1 aliphatic rings. The summed E-state index contributed by atoms with van der Waals surface area (Å²) in [4.78, 5) is 6.53. The molecule has 5 heteroatoms. The second kappa shape index (κ2) is 5.63. The van der Waals surface area contributed by atoms with E-state index in [0.29, 0.717) is 11.7 Å². The molecular weight excluding hydrogens is 250 g/mol. The van der Waals surface area contributed by atoms with Crippen molar-refractivity contribution in [1.82, 2.24) is 19.7 Å². The molecule has 106 valence electrons. The molecular formula is C15H21N5. The first-order chi connectivity index (χ1) is 9.72. The quantitative estimate of drug-likeness (QED) is 0.924. The molecule has 2 aromatic rings. The molecule has 0 amide bonds. The van der Waals surface area contributed by atoms with Crippen LogP contribution in [0.25, 0.3) is 0 Å². The van der Waals surface area contributed by atoms with Gasteiger partial charge in [0.25, 0.3) is 0 Å². The number of nitrogens with zero attached hydrogens (tertiary/aromatic N) is 4. The molecule has 0 aromatic carbocycles. The highest BCUT2D eigenvalue weighted by molar-refractivity contribution is 5.31. The van der Waals surface area contributed by atoms with E-state index in [0.717, 1.165) is 19.6 Å². The maximum Gasteiger partial charge on any atom is 0.123 e. The molecule has 2 N–H and O–H groups in total. The molecule has 1 saturated heterocycles. The van der Waals surface area contributed by atoms with Crippen LogP contribution in [0.2, 0.25) is 0 Å². The third-order valence-corrected chi connectivity index (χ3v) is 4.12. The highest BCUT2D eigenvalue weighted by atomic mass is 15.3. The Labute approximate surface area is 119 Å². The molecule has 0 bridgehead atoms. The van der Waals surface area contributed by atoms with Crippen molar-refractivity contribution >= 4 is 5.82 Å². The van der Waals surface area contributed by atoms with E-state index in [-0.39, 0.29) is 0 Å². The third kappa shape index (κ3) is 2.82. The molecule has 0 radical (unpaired) electrons. The maximum atomic E-state index is 5.73. The number of aromatic nitrogens is 3.